The van der Waals surface area contributed by atoms with Crippen molar-refractivity contribution in [1.29, 1.82) is 0 Å². The van der Waals surface area contributed by atoms with E-state index < -0.39 is 57.5 Å². The lowest BCUT2D eigenvalue weighted by Gasteiger charge is -2.31. The van der Waals surface area contributed by atoms with Crippen LogP contribution in [0.3, 0.4) is 0 Å². The lowest BCUT2D eigenvalue weighted by molar-refractivity contribution is -0.158. The van der Waals surface area contributed by atoms with Crippen molar-refractivity contribution in [3.8, 4) is 0 Å². The Morgan fingerprint density at radius 1 is 1.32 bits per heavy atom. The van der Waals surface area contributed by atoms with Crippen LogP contribution < -0.4 is 15.8 Å². The fraction of sp³-hybridized carbons (Fsp3) is 0.471. The van der Waals surface area contributed by atoms with Gasteiger partial charge in [-0.1, -0.05) is 0 Å². The fourth-order valence-electron chi connectivity index (χ4n) is 3.48. The predicted octanol–water partition coefficient (Wildman–Crippen LogP) is 2.59. The van der Waals surface area contributed by atoms with Crippen molar-refractivity contribution in [3.63, 3.8) is 0 Å². The van der Waals surface area contributed by atoms with Gasteiger partial charge in [0, 0.05) is 36.1 Å². The molecule has 1 unspecified atom stereocenters. The summed E-state index contributed by atoms with van der Waals surface area (Å²) in [5.41, 5.74) is -0.754. The summed E-state index contributed by atoms with van der Waals surface area (Å²) in [4.78, 5) is 12.2. The van der Waals surface area contributed by atoms with Crippen LogP contribution >= 0.6 is 0 Å². The van der Waals surface area contributed by atoms with Gasteiger partial charge in [0.25, 0.3) is 10.2 Å². The van der Waals surface area contributed by atoms with E-state index in [1.165, 1.54) is 6.92 Å². The Bertz CT molecular complexity index is 1100. The number of alkyl halides is 3. The summed E-state index contributed by atoms with van der Waals surface area (Å²) in [6.07, 6.45) is -4.36. The molecule has 1 aromatic carbocycles. The number of piperidine rings is 1. The molecular weight excluding hydrogens is 451 g/mol. The summed E-state index contributed by atoms with van der Waals surface area (Å²) < 4.78 is 97.2. The van der Waals surface area contributed by atoms with Crippen LogP contribution in [0.4, 0.5) is 26.7 Å². The molecule has 8 nitrogen and oxygen atoms in total. The normalized spacial score (nSPS) is 19.4. The number of hydrogen-bond acceptors (Lipinski definition) is 4. The highest BCUT2D eigenvalue weighted by Crippen LogP contribution is 2.39. The van der Waals surface area contributed by atoms with Crippen LogP contribution in [0.5, 0.6) is 0 Å². The van der Waals surface area contributed by atoms with Crippen LogP contribution in [0.15, 0.2) is 16.5 Å². The number of amides is 2. The Kier molecular flexibility index (Phi) is 6.17. The number of nitrogens with one attached hydrogen (secondary N) is 2. The Balaban J connectivity index is 1.83. The van der Waals surface area contributed by atoms with Crippen LogP contribution in [-0.4, -0.2) is 44.1 Å². The van der Waals surface area contributed by atoms with Crippen LogP contribution in [0.25, 0.3) is 11.0 Å². The SMILES string of the molecule is Cc1c(C(NC(=O)N[C@H]2CCCN(S(N)(=O)=O)C2)C(F)(F)F)oc2c(F)cc(F)cc12. The fourth-order valence-corrected chi connectivity index (χ4v) is 4.25. The first-order valence-corrected chi connectivity index (χ1v) is 10.6. The Morgan fingerprint density at radius 3 is 2.61 bits per heavy atom. The zero-order chi connectivity index (χ0) is 23.1. The molecule has 14 heteroatoms. The highest BCUT2D eigenvalue weighted by molar-refractivity contribution is 7.86. The minimum Gasteiger partial charge on any atom is -0.455 e. The van der Waals surface area contributed by atoms with Crippen molar-refractivity contribution in [2.45, 2.75) is 38.0 Å². The second-order valence-electron chi connectivity index (χ2n) is 7.19. The number of nitrogens with two attached hydrogens (primary N) is 1. The maximum Gasteiger partial charge on any atom is 0.416 e. The molecule has 2 amide bonds. The number of fused-ring (bicyclic) bond motifs is 1. The van der Waals surface area contributed by atoms with Gasteiger partial charge in [0.15, 0.2) is 17.4 Å². The molecule has 1 aromatic heterocycles. The first kappa shape index (κ1) is 23.2. The highest BCUT2D eigenvalue weighted by atomic mass is 32.2. The maximum atomic E-state index is 13.9. The molecule has 1 aliphatic rings. The van der Waals surface area contributed by atoms with Crippen molar-refractivity contribution in [2.75, 3.05) is 13.1 Å². The molecule has 4 N–H and O–H groups in total. The molecule has 31 heavy (non-hydrogen) atoms. The molecule has 1 fully saturated rings. The van der Waals surface area contributed by atoms with Crippen molar-refractivity contribution in [1.82, 2.24) is 14.9 Å². The van der Waals surface area contributed by atoms with Crippen LogP contribution in [0, 0.1) is 18.6 Å². The smallest absolute Gasteiger partial charge is 0.416 e. The second kappa shape index (κ2) is 8.24. The zero-order valence-electron chi connectivity index (χ0n) is 16.1. The summed E-state index contributed by atoms with van der Waals surface area (Å²) in [7, 11) is -4.01. The highest BCUT2D eigenvalue weighted by Gasteiger charge is 2.45. The third kappa shape index (κ3) is 5.07. The van der Waals surface area contributed by atoms with Crippen molar-refractivity contribution < 1.29 is 39.6 Å². The number of rotatable bonds is 4. The third-order valence-electron chi connectivity index (χ3n) is 4.94. The molecule has 2 aromatic rings. The second-order valence-corrected chi connectivity index (χ2v) is 8.74. The number of benzene rings is 1. The molecule has 3 rings (SSSR count). The van der Waals surface area contributed by atoms with Crippen molar-refractivity contribution in [3.05, 3.63) is 35.1 Å². The first-order valence-electron chi connectivity index (χ1n) is 9.07. The molecule has 1 aliphatic heterocycles. The average molecular weight is 470 g/mol. The van der Waals surface area contributed by atoms with Crippen LogP contribution in [0.1, 0.15) is 30.2 Å². The molecule has 0 radical (unpaired) electrons. The summed E-state index contributed by atoms with van der Waals surface area (Å²) in [5.74, 6) is -2.97. The summed E-state index contributed by atoms with van der Waals surface area (Å²) in [5, 5.41) is 8.86. The van der Waals surface area contributed by atoms with E-state index in [1.807, 2.05) is 0 Å². The Hall–Kier alpha value is -2.45. The number of nitrogens with zero attached hydrogens (tertiary/aromatic N) is 1. The van der Waals surface area contributed by atoms with E-state index in [9.17, 15) is 35.2 Å². The van der Waals surface area contributed by atoms with Gasteiger partial charge in [-0.2, -0.15) is 25.9 Å². The molecule has 0 bridgehead atoms. The van der Waals surface area contributed by atoms with Gasteiger partial charge in [-0.25, -0.2) is 18.7 Å². The summed E-state index contributed by atoms with van der Waals surface area (Å²) >= 11 is 0. The lowest BCUT2D eigenvalue weighted by atomic mass is 10.1. The van der Waals surface area contributed by atoms with Gasteiger partial charge in [0.1, 0.15) is 11.6 Å². The number of furan rings is 1. The number of hydrogen-bond donors (Lipinski definition) is 3. The van der Waals surface area contributed by atoms with Gasteiger partial charge in [-0.05, 0) is 25.8 Å². The molecule has 2 heterocycles. The zero-order valence-corrected chi connectivity index (χ0v) is 16.9. The van der Waals surface area contributed by atoms with E-state index in [4.69, 9.17) is 9.56 Å². The van der Waals surface area contributed by atoms with E-state index in [0.717, 1.165) is 10.4 Å². The quantitative estimate of drug-likeness (QED) is 0.596. The van der Waals surface area contributed by atoms with Gasteiger partial charge in [0.2, 0.25) is 0 Å². The maximum absolute atomic E-state index is 13.9. The van der Waals surface area contributed by atoms with Crippen molar-refractivity contribution in [2.24, 2.45) is 5.14 Å². The topological polar surface area (TPSA) is 118 Å². The van der Waals surface area contributed by atoms with Gasteiger partial charge in [-0.3, -0.25) is 0 Å². The average Bonchev–Trinajstić information content (AvgIpc) is 2.95. The number of urea groups is 1. The van der Waals surface area contributed by atoms with E-state index in [-0.39, 0.29) is 24.0 Å². The number of aryl methyl sites for hydroxylation is 1. The third-order valence-corrected chi connectivity index (χ3v) is 5.99. The van der Waals surface area contributed by atoms with E-state index in [0.29, 0.717) is 18.9 Å². The largest absolute Gasteiger partial charge is 0.455 e. The predicted molar refractivity (Wildman–Crippen MR) is 99.0 cm³/mol. The molecule has 2 atom stereocenters. The van der Waals surface area contributed by atoms with Gasteiger partial charge < -0.3 is 15.1 Å². The lowest BCUT2D eigenvalue weighted by Crippen LogP contribution is -2.54. The molecule has 0 saturated carbocycles. The summed E-state index contributed by atoms with van der Waals surface area (Å²) in [6.45, 7) is 1.12. The van der Waals surface area contributed by atoms with Gasteiger partial charge in [0.05, 0.1) is 0 Å². The van der Waals surface area contributed by atoms with Crippen LogP contribution in [-0.2, 0) is 10.2 Å². The number of carbonyl (C=O) groups is 1. The van der Waals surface area contributed by atoms with Crippen LogP contribution in [0.2, 0.25) is 0 Å². The Morgan fingerprint density at radius 2 is 2.00 bits per heavy atom. The van der Waals surface area contributed by atoms with E-state index in [2.05, 4.69) is 5.32 Å². The molecule has 1 saturated heterocycles. The standard InChI is InChI=1S/C17H19F5N4O4S/c1-8-11-5-9(18)6-12(19)14(11)30-13(8)15(17(20,21)22)25-16(27)24-10-3-2-4-26(7-10)31(23,28)29/h5-6,10,15H,2-4,7H2,1H3,(H2,23,28,29)(H2,24,25,27)/t10-,15?/m0/s1. The first-order chi connectivity index (χ1) is 14.3. The summed E-state index contributed by atoms with van der Waals surface area (Å²) in [6, 6.07) is -3.37. The molecular formula is C17H19F5N4O4S. The van der Waals surface area contributed by atoms with Gasteiger partial charge in [-0.15, -0.1) is 0 Å². The van der Waals surface area contributed by atoms with Crippen molar-refractivity contribution >= 4 is 27.2 Å². The number of halogens is 5. The number of carbonyl (C=O) groups excluding carboxylic acids is 1. The van der Waals surface area contributed by atoms with E-state index in [1.54, 1.807) is 5.32 Å². The minimum absolute atomic E-state index is 0.129. The monoisotopic (exact) mass is 470 g/mol. The Labute approximate surface area is 173 Å². The van der Waals surface area contributed by atoms with E-state index >= 15 is 0 Å². The van der Waals surface area contributed by atoms with Gasteiger partial charge >= 0.3 is 12.2 Å². The minimum atomic E-state index is -5.02. The molecule has 0 aliphatic carbocycles. The molecule has 172 valence electrons. The molecule has 0 spiro atoms.